The van der Waals surface area contributed by atoms with Gasteiger partial charge in [-0.3, -0.25) is 4.79 Å². The number of carbonyl (C=O) groups excluding carboxylic acids is 1. The number of nitrogens with two attached hydrogens (primary N) is 1. The highest BCUT2D eigenvalue weighted by Crippen LogP contribution is 2.42. The van der Waals surface area contributed by atoms with E-state index in [1.54, 1.807) is 0 Å². The van der Waals surface area contributed by atoms with Gasteiger partial charge in [0.25, 0.3) is 0 Å². The van der Waals surface area contributed by atoms with Gasteiger partial charge in [-0.05, 0) is 31.6 Å². The van der Waals surface area contributed by atoms with Crippen molar-refractivity contribution in [1.82, 2.24) is 4.90 Å². The molecule has 0 bridgehead atoms. The second-order valence-corrected chi connectivity index (χ2v) is 5.34. The zero-order valence-corrected chi connectivity index (χ0v) is 9.67. The molecular weight excluding hydrogens is 188 g/mol. The Morgan fingerprint density at radius 2 is 2.20 bits per heavy atom. The first kappa shape index (κ1) is 10.9. The van der Waals surface area contributed by atoms with Crippen molar-refractivity contribution in [1.29, 1.82) is 0 Å². The summed E-state index contributed by atoms with van der Waals surface area (Å²) in [5.41, 5.74) is 5.59. The van der Waals surface area contributed by atoms with Crippen molar-refractivity contribution in [3.05, 3.63) is 0 Å². The molecule has 1 amide bonds. The molecule has 0 spiro atoms. The second kappa shape index (κ2) is 4.12. The van der Waals surface area contributed by atoms with Crippen LogP contribution >= 0.6 is 0 Å². The van der Waals surface area contributed by atoms with Gasteiger partial charge in [-0.15, -0.1) is 0 Å². The van der Waals surface area contributed by atoms with Crippen molar-refractivity contribution in [2.75, 3.05) is 19.6 Å². The summed E-state index contributed by atoms with van der Waals surface area (Å²) in [6, 6.07) is 0. The van der Waals surface area contributed by atoms with Crippen LogP contribution in [0.5, 0.6) is 0 Å². The van der Waals surface area contributed by atoms with Crippen molar-refractivity contribution >= 4 is 5.91 Å². The molecule has 0 aromatic heterocycles. The zero-order chi connectivity index (χ0) is 10.9. The van der Waals surface area contributed by atoms with E-state index in [1.165, 1.54) is 12.8 Å². The lowest BCUT2D eigenvalue weighted by Crippen LogP contribution is -2.54. The van der Waals surface area contributed by atoms with Gasteiger partial charge in [0.15, 0.2) is 0 Å². The summed E-state index contributed by atoms with van der Waals surface area (Å²) in [7, 11) is 0. The first-order valence-corrected chi connectivity index (χ1v) is 6.17. The first-order valence-electron chi connectivity index (χ1n) is 6.17. The predicted octanol–water partition coefficient (Wildman–Crippen LogP) is 1.37. The van der Waals surface area contributed by atoms with E-state index >= 15 is 0 Å². The second-order valence-electron chi connectivity index (χ2n) is 5.34. The third kappa shape index (κ3) is 1.89. The Bertz CT molecular complexity index is 242. The van der Waals surface area contributed by atoms with Crippen LogP contribution < -0.4 is 5.73 Å². The predicted molar refractivity (Wildman–Crippen MR) is 60.3 cm³/mol. The molecule has 1 unspecified atom stereocenters. The largest absolute Gasteiger partial charge is 0.342 e. The molecule has 3 heteroatoms. The lowest BCUT2D eigenvalue weighted by Gasteiger charge is -2.44. The highest BCUT2D eigenvalue weighted by atomic mass is 16.2. The molecule has 0 aromatic rings. The zero-order valence-electron chi connectivity index (χ0n) is 9.67. The SMILES string of the molecule is CC1CCCN(C(=O)C2(CN)CCC2)C1. The van der Waals surface area contributed by atoms with Crippen LogP contribution in [0.15, 0.2) is 0 Å². The third-order valence-electron chi connectivity index (χ3n) is 4.10. The number of nitrogens with zero attached hydrogens (tertiary/aromatic N) is 1. The molecule has 2 N–H and O–H groups in total. The topological polar surface area (TPSA) is 46.3 Å². The number of hydrogen-bond acceptors (Lipinski definition) is 2. The standard InChI is InChI=1S/C12H22N2O/c1-10-4-2-7-14(8-10)11(15)12(9-13)5-3-6-12/h10H,2-9,13H2,1H3. The van der Waals surface area contributed by atoms with Crippen LogP contribution in [0, 0.1) is 11.3 Å². The van der Waals surface area contributed by atoms with Crippen LogP contribution in [0.4, 0.5) is 0 Å². The molecule has 2 aliphatic rings. The van der Waals surface area contributed by atoms with Crippen LogP contribution in [-0.4, -0.2) is 30.4 Å². The molecule has 0 radical (unpaired) electrons. The summed E-state index contributed by atoms with van der Waals surface area (Å²) < 4.78 is 0. The monoisotopic (exact) mass is 210 g/mol. The number of carbonyl (C=O) groups is 1. The Morgan fingerprint density at radius 1 is 1.47 bits per heavy atom. The average molecular weight is 210 g/mol. The smallest absolute Gasteiger partial charge is 0.230 e. The summed E-state index contributed by atoms with van der Waals surface area (Å²) in [6.45, 7) is 4.66. The van der Waals surface area contributed by atoms with E-state index in [-0.39, 0.29) is 5.41 Å². The van der Waals surface area contributed by atoms with Gasteiger partial charge in [-0.2, -0.15) is 0 Å². The molecule has 1 atom stereocenters. The summed E-state index contributed by atoms with van der Waals surface area (Å²) in [5, 5.41) is 0. The maximum atomic E-state index is 12.3. The number of amides is 1. The van der Waals surface area contributed by atoms with Gasteiger partial charge < -0.3 is 10.6 Å². The fourth-order valence-corrected chi connectivity index (χ4v) is 2.82. The molecule has 2 fully saturated rings. The minimum atomic E-state index is -0.170. The highest BCUT2D eigenvalue weighted by Gasteiger charge is 2.45. The average Bonchev–Trinajstić information content (AvgIpc) is 2.17. The third-order valence-corrected chi connectivity index (χ3v) is 4.10. The summed E-state index contributed by atoms with van der Waals surface area (Å²) >= 11 is 0. The van der Waals surface area contributed by atoms with Gasteiger partial charge in [-0.25, -0.2) is 0 Å². The van der Waals surface area contributed by atoms with Crippen LogP contribution in [0.2, 0.25) is 0 Å². The molecule has 0 aromatic carbocycles. The molecule has 1 saturated heterocycles. The van der Waals surface area contributed by atoms with E-state index in [0.29, 0.717) is 18.4 Å². The lowest BCUT2D eigenvalue weighted by atomic mass is 9.67. The highest BCUT2D eigenvalue weighted by molar-refractivity contribution is 5.84. The van der Waals surface area contributed by atoms with Crippen LogP contribution in [0.3, 0.4) is 0 Å². The quantitative estimate of drug-likeness (QED) is 0.748. The Labute approximate surface area is 92.0 Å². The van der Waals surface area contributed by atoms with E-state index in [9.17, 15) is 4.79 Å². The van der Waals surface area contributed by atoms with Crippen molar-refractivity contribution in [2.45, 2.75) is 39.0 Å². The van der Waals surface area contributed by atoms with Crippen molar-refractivity contribution in [2.24, 2.45) is 17.1 Å². The fourth-order valence-electron chi connectivity index (χ4n) is 2.82. The molecular formula is C12H22N2O. The minimum absolute atomic E-state index is 0.170. The number of rotatable bonds is 2. The van der Waals surface area contributed by atoms with Gasteiger partial charge in [0.05, 0.1) is 5.41 Å². The molecule has 3 nitrogen and oxygen atoms in total. The number of likely N-dealkylation sites (tertiary alicyclic amines) is 1. The lowest BCUT2D eigenvalue weighted by molar-refractivity contribution is -0.148. The Morgan fingerprint density at radius 3 is 2.67 bits per heavy atom. The molecule has 2 rings (SSSR count). The van der Waals surface area contributed by atoms with Gasteiger partial charge in [0.2, 0.25) is 5.91 Å². The molecule has 86 valence electrons. The molecule has 1 heterocycles. The fraction of sp³-hybridized carbons (Fsp3) is 0.917. The van der Waals surface area contributed by atoms with Crippen molar-refractivity contribution in [3.8, 4) is 0 Å². The first-order chi connectivity index (χ1) is 7.18. The van der Waals surface area contributed by atoms with Crippen LogP contribution in [0.25, 0.3) is 0 Å². The Balaban J connectivity index is 2.00. The molecule has 1 aliphatic heterocycles. The number of piperidine rings is 1. The summed E-state index contributed by atoms with van der Waals surface area (Å²) in [6.07, 6.45) is 5.61. The molecule has 15 heavy (non-hydrogen) atoms. The van der Waals surface area contributed by atoms with Gasteiger partial charge >= 0.3 is 0 Å². The van der Waals surface area contributed by atoms with E-state index in [2.05, 4.69) is 11.8 Å². The van der Waals surface area contributed by atoms with Crippen LogP contribution in [-0.2, 0) is 4.79 Å². The van der Waals surface area contributed by atoms with Crippen molar-refractivity contribution < 1.29 is 4.79 Å². The molecule has 1 saturated carbocycles. The van der Waals surface area contributed by atoms with E-state index in [1.807, 2.05) is 0 Å². The normalized spacial score (nSPS) is 29.7. The Kier molecular flexibility index (Phi) is 3.01. The van der Waals surface area contributed by atoms with Gasteiger partial charge in [-0.1, -0.05) is 13.3 Å². The van der Waals surface area contributed by atoms with E-state index in [4.69, 9.17) is 5.73 Å². The Hall–Kier alpha value is -0.570. The number of hydrogen-bond donors (Lipinski definition) is 1. The van der Waals surface area contributed by atoms with Crippen molar-refractivity contribution in [3.63, 3.8) is 0 Å². The minimum Gasteiger partial charge on any atom is -0.342 e. The van der Waals surface area contributed by atoms with E-state index in [0.717, 1.165) is 32.4 Å². The summed E-state index contributed by atoms with van der Waals surface area (Å²) in [5.74, 6) is 1.00. The van der Waals surface area contributed by atoms with Crippen LogP contribution in [0.1, 0.15) is 39.0 Å². The maximum Gasteiger partial charge on any atom is 0.230 e. The van der Waals surface area contributed by atoms with E-state index < -0.39 is 0 Å². The van der Waals surface area contributed by atoms with Gasteiger partial charge in [0, 0.05) is 19.6 Å². The van der Waals surface area contributed by atoms with Gasteiger partial charge in [0.1, 0.15) is 0 Å². The maximum absolute atomic E-state index is 12.3. The summed E-state index contributed by atoms with van der Waals surface area (Å²) in [4.78, 5) is 14.4. The molecule has 1 aliphatic carbocycles.